The molecule has 0 saturated heterocycles. The van der Waals surface area contributed by atoms with E-state index in [9.17, 15) is 0 Å². The lowest BCUT2D eigenvalue weighted by molar-refractivity contribution is 0.0783. The first-order valence-corrected chi connectivity index (χ1v) is 7.82. The smallest absolute Gasteiger partial charge is 0.0159 e. The fraction of sp³-hybridized carbons (Fsp3) is 1.00. The first-order valence-electron chi connectivity index (χ1n) is 7.82. The van der Waals surface area contributed by atoms with E-state index in [0.29, 0.717) is 17.5 Å². The summed E-state index contributed by atoms with van der Waals surface area (Å²) in [6.45, 7) is 14.1. The van der Waals surface area contributed by atoms with Gasteiger partial charge in [0.25, 0.3) is 0 Å². The van der Waals surface area contributed by atoms with Gasteiger partial charge in [0.2, 0.25) is 0 Å². The van der Waals surface area contributed by atoms with Crippen LogP contribution in [-0.4, -0.2) is 37.1 Å². The Labute approximate surface area is 115 Å². The highest BCUT2D eigenvalue weighted by Gasteiger charge is 2.38. The molecule has 0 aliphatic heterocycles. The molecule has 2 heteroatoms. The maximum atomic E-state index is 3.83. The monoisotopic (exact) mass is 254 g/mol. The van der Waals surface area contributed by atoms with Gasteiger partial charge in [0.15, 0.2) is 0 Å². The molecule has 1 fully saturated rings. The lowest BCUT2D eigenvalue weighted by Crippen LogP contribution is -2.53. The third-order valence-electron chi connectivity index (χ3n) is 4.73. The molecule has 0 aromatic carbocycles. The largest absolute Gasteiger partial charge is 0.313 e. The van der Waals surface area contributed by atoms with Crippen molar-refractivity contribution in [1.82, 2.24) is 10.2 Å². The van der Waals surface area contributed by atoms with E-state index in [1.807, 2.05) is 0 Å². The lowest BCUT2D eigenvalue weighted by atomic mass is 9.67. The van der Waals surface area contributed by atoms with Crippen molar-refractivity contribution in [1.29, 1.82) is 0 Å². The van der Waals surface area contributed by atoms with Gasteiger partial charge in [0.1, 0.15) is 0 Å². The lowest BCUT2D eigenvalue weighted by Gasteiger charge is -2.46. The molecule has 1 N–H and O–H groups in total. The van der Waals surface area contributed by atoms with Crippen molar-refractivity contribution >= 4 is 0 Å². The van der Waals surface area contributed by atoms with Crippen LogP contribution in [0.25, 0.3) is 0 Å². The second-order valence-corrected chi connectivity index (χ2v) is 7.11. The van der Waals surface area contributed by atoms with Crippen LogP contribution in [-0.2, 0) is 0 Å². The highest BCUT2D eigenvalue weighted by molar-refractivity contribution is 4.94. The summed E-state index contributed by atoms with van der Waals surface area (Å²) >= 11 is 0. The van der Waals surface area contributed by atoms with E-state index < -0.39 is 0 Å². The topological polar surface area (TPSA) is 15.3 Å². The first kappa shape index (κ1) is 16.0. The van der Waals surface area contributed by atoms with Crippen LogP contribution in [0.1, 0.15) is 60.3 Å². The van der Waals surface area contributed by atoms with Crippen molar-refractivity contribution in [2.75, 3.05) is 20.1 Å². The summed E-state index contributed by atoms with van der Waals surface area (Å²) in [6.07, 6.45) is 5.39. The Hall–Kier alpha value is -0.0800. The first-order chi connectivity index (χ1) is 8.38. The van der Waals surface area contributed by atoms with Crippen molar-refractivity contribution in [2.45, 2.75) is 72.4 Å². The second kappa shape index (κ2) is 6.91. The van der Waals surface area contributed by atoms with E-state index in [0.717, 1.165) is 12.5 Å². The van der Waals surface area contributed by atoms with Crippen molar-refractivity contribution < 1.29 is 0 Å². The van der Waals surface area contributed by atoms with Crippen LogP contribution in [0.2, 0.25) is 0 Å². The van der Waals surface area contributed by atoms with Gasteiger partial charge in [-0.2, -0.15) is 0 Å². The Balaban J connectivity index is 2.66. The molecule has 0 spiro atoms. The molecule has 2 nitrogen and oxygen atoms in total. The average molecular weight is 254 g/mol. The standard InChI is InChI=1S/C16H34N2/c1-7-11-17-15-14(12-18(6)13(2)3)9-8-10-16(15,4)5/h13-15,17H,7-12H2,1-6H3. The number of hydrogen-bond acceptors (Lipinski definition) is 2. The summed E-state index contributed by atoms with van der Waals surface area (Å²) in [5.41, 5.74) is 0.454. The van der Waals surface area contributed by atoms with E-state index in [1.165, 1.54) is 32.2 Å². The van der Waals surface area contributed by atoms with E-state index in [4.69, 9.17) is 0 Å². The van der Waals surface area contributed by atoms with Crippen molar-refractivity contribution in [3.8, 4) is 0 Å². The van der Waals surface area contributed by atoms with Gasteiger partial charge in [0.05, 0.1) is 0 Å². The summed E-state index contributed by atoms with van der Waals surface area (Å²) in [4.78, 5) is 2.51. The van der Waals surface area contributed by atoms with Gasteiger partial charge in [-0.05, 0) is 58.0 Å². The molecule has 1 saturated carbocycles. The van der Waals surface area contributed by atoms with Crippen LogP contribution in [0.5, 0.6) is 0 Å². The van der Waals surface area contributed by atoms with E-state index in [2.05, 4.69) is 51.9 Å². The Kier molecular flexibility index (Phi) is 6.13. The molecule has 2 atom stereocenters. The molecule has 0 bridgehead atoms. The summed E-state index contributed by atoms with van der Waals surface area (Å²) in [6, 6.07) is 1.34. The predicted molar refractivity (Wildman–Crippen MR) is 81.0 cm³/mol. The van der Waals surface area contributed by atoms with E-state index in [-0.39, 0.29) is 0 Å². The molecule has 1 aliphatic rings. The number of rotatable bonds is 6. The van der Waals surface area contributed by atoms with Gasteiger partial charge < -0.3 is 10.2 Å². The van der Waals surface area contributed by atoms with Crippen molar-refractivity contribution in [2.24, 2.45) is 11.3 Å². The van der Waals surface area contributed by atoms with Crippen LogP contribution in [0.4, 0.5) is 0 Å². The van der Waals surface area contributed by atoms with Crippen molar-refractivity contribution in [3.63, 3.8) is 0 Å². The third-order valence-corrected chi connectivity index (χ3v) is 4.73. The van der Waals surface area contributed by atoms with Gasteiger partial charge in [-0.25, -0.2) is 0 Å². The molecule has 0 aromatic rings. The fourth-order valence-electron chi connectivity index (χ4n) is 3.30. The zero-order valence-corrected chi connectivity index (χ0v) is 13.4. The van der Waals surface area contributed by atoms with Crippen LogP contribution in [0.3, 0.4) is 0 Å². The second-order valence-electron chi connectivity index (χ2n) is 7.11. The molecule has 1 aliphatic carbocycles. The summed E-state index contributed by atoms with van der Waals surface area (Å²) < 4.78 is 0. The van der Waals surface area contributed by atoms with Gasteiger partial charge in [-0.1, -0.05) is 27.2 Å². The molecule has 1 rings (SSSR count). The quantitative estimate of drug-likeness (QED) is 0.780. The van der Waals surface area contributed by atoms with Crippen LogP contribution in [0, 0.1) is 11.3 Å². The van der Waals surface area contributed by atoms with Crippen molar-refractivity contribution in [3.05, 3.63) is 0 Å². The van der Waals surface area contributed by atoms with Gasteiger partial charge >= 0.3 is 0 Å². The van der Waals surface area contributed by atoms with Crippen LogP contribution < -0.4 is 5.32 Å². The molecule has 0 aromatic heterocycles. The molecule has 108 valence electrons. The fourth-order valence-corrected chi connectivity index (χ4v) is 3.30. The predicted octanol–water partition coefficient (Wildman–Crippen LogP) is 3.52. The number of hydrogen-bond donors (Lipinski definition) is 1. The maximum Gasteiger partial charge on any atom is 0.0159 e. The molecule has 2 unspecified atom stereocenters. The molecule has 0 radical (unpaired) electrons. The van der Waals surface area contributed by atoms with Gasteiger partial charge in [0, 0.05) is 18.6 Å². The van der Waals surface area contributed by atoms with E-state index >= 15 is 0 Å². The Bertz CT molecular complexity index is 235. The van der Waals surface area contributed by atoms with Crippen LogP contribution in [0.15, 0.2) is 0 Å². The normalized spacial score (nSPS) is 28.0. The highest BCUT2D eigenvalue weighted by Crippen LogP contribution is 2.39. The minimum absolute atomic E-state index is 0.454. The third kappa shape index (κ3) is 4.24. The Morgan fingerprint density at radius 2 is 2.00 bits per heavy atom. The summed E-state index contributed by atoms with van der Waals surface area (Å²) in [7, 11) is 2.27. The van der Waals surface area contributed by atoms with Crippen LogP contribution >= 0.6 is 0 Å². The molecule has 0 heterocycles. The maximum absolute atomic E-state index is 3.83. The van der Waals surface area contributed by atoms with E-state index in [1.54, 1.807) is 0 Å². The average Bonchev–Trinajstić information content (AvgIpc) is 2.27. The Morgan fingerprint density at radius 3 is 2.56 bits per heavy atom. The van der Waals surface area contributed by atoms with Gasteiger partial charge in [-0.3, -0.25) is 0 Å². The summed E-state index contributed by atoms with van der Waals surface area (Å²) in [5, 5.41) is 3.83. The minimum atomic E-state index is 0.454. The number of nitrogens with zero attached hydrogens (tertiary/aromatic N) is 1. The summed E-state index contributed by atoms with van der Waals surface area (Å²) in [5.74, 6) is 0.813. The number of nitrogens with one attached hydrogen (secondary N) is 1. The zero-order valence-electron chi connectivity index (χ0n) is 13.4. The molecule has 18 heavy (non-hydrogen) atoms. The zero-order chi connectivity index (χ0) is 13.8. The van der Waals surface area contributed by atoms with Gasteiger partial charge in [-0.15, -0.1) is 0 Å². The molecular formula is C16H34N2. The Morgan fingerprint density at radius 1 is 1.33 bits per heavy atom. The molecule has 0 amide bonds. The highest BCUT2D eigenvalue weighted by atomic mass is 15.1. The molecular weight excluding hydrogens is 220 g/mol. The minimum Gasteiger partial charge on any atom is -0.313 e. The SMILES string of the molecule is CCCNC1C(CN(C)C(C)C)CCCC1(C)C.